The Morgan fingerprint density at radius 3 is 2.54 bits per heavy atom. The number of hydrogen-bond acceptors (Lipinski definition) is 3. The summed E-state index contributed by atoms with van der Waals surface area (Å²) >= 11 is 0. The van der Waals surface area contributed by atoms with Crippen LogP contribution >= 0.6 is 0 Å². The fourth-order valence-electron chi connectivity index (χ4n) is 2.89. The van der Waals surface area contributed by atoms with Crippen LogP contribution < -0.4 is 10.1 Å². The lowest BCUT2D eigenvalue weighted by Crippen LogP contribution is -2.56. The van der Waals surface area contributed by atoms with Gasteiger partial charge in [-0.2, -0.15) is 13.2 Å². The molecule has 1 atom stereocenters. The highest BCUT2D eigenvalue weighted by Crippen LogP contribution is 2.25. The van der Waals surface area contributed by atoms with Crippen molar-refractivity contribution in [3.63, 3.8) is 0 Å². The third kappa shape index (κ3) is 5.52. The fraction of sp³-hybridized carbons (Fsp3) is 0.611. The Hall–Kier alpha value is -1.96. The number of methoxy groups -OCH3 is 1. The van der Waals surface area contributed by atoms with Gasteiger partial charge in [-0.1, -0.05) is 12.1 Å². The Morgan fingerprint density at radius 1 is 1.27 bits per heavy atom. The molecule has 0 saturated carbocycles. The Labute approximate surface area is 152 Å². The predicted molar refractivity (Wildman–Crippen MR) is 96.5 cm³/mol. The summed E-state index contributed by atoms with van der Waals surface area (Å²) < 4.78 is 43.9. The second kappa shape index (κ2) is 9.12. The first-order chi connectivity index (χ1) is 12.3. The average Bonchev–Trinajstić information content (AvgIpc) is 2.64. The van der Waals surface area contributed by atoms with E-state index in [1.165, 1.54) is 11.8 Å². The van der Waals surface area contributed by atoms with E-state index in [-0.39, 0.29) is 0 Å². The quantitative estimate of drug-likeness (QED) is 0.637. The van der Waals surface area contributed by atoms with Crippen LogP contribution in [0, 0.1) is 0 Å². The van der Waals surface area contributed by atoms with E-state index in [2.05, 4.69) is 10.3 Å². The van der Waals surface area contributed by atoms with Gasteiger partial charge in [0.1, 0.15) is 11.8 Å². The highest BCUT2D eigenvalue weighted by Gasteiger charge is 2.41. The van der Waals surface area contributed by atoms with E-state index in [1.54, 1.807) is 7.11 Å². The molecule has 1 aliphatic heterocycles. The molecule has 1 fully saturated rings. The first-order valence-electron chi connectivity index (χ1n) is 8.82. The molecule has 146 valence electrons. The highest BCUT2D eigenvalue weighted by atomic mass is 19.4. The van der Waals surface area contributed by atoms with Gasteiger partial charge >= 0.3 is 6.18 Å². The molecule has 8 heteroatoms. The number of nitrogens with one attached hydrogen (secondary N) is 1. The zero-order valence-electron chi connectivity index (χ0n) is 15.5. The number of rotatable bonds is 5. The summed E-state index contributed by atoms with van der Waals surface area (Å²) in [6.07, 6.45) is -4.19. The van der Waals surface area contributed by atoms with Gasteiger partial charge in [0, 0.05) is 32.7 Å². The first kappa shape index (κ1) is 20.4. The molecule has 0 bridgehead atoms. The van der Waals surface area contributed by atoms with Crippen LogP contribution in [-0.4, -0.2) is 67.8 Å². The lowest BCUT2D eigenvalue weighted by atomic mass is 10.2. The van der Waals surface area contributed by atoms with Crippen molar-refractivity contribution in [2.24, 2.45) is 4.99 Å². The molecule has 1 unspecified atom stereocenters. The molecule has 26 heavy (non-hydrogen) atoms. The molecule has 1 aromatic rings. The number of aliphatic imine (C=N–C) groups is 1. The Balaban J connectivity index is 1.99. The monoisotopic (exact) mass is 372 g/mol. The van der Waals surface area contributed by atoms with Crippen molar-refractivity contribution in [2.75, 3.05) is 39.8 Å². The van der Waals surface area contributed by atoms with Gasteiger partial charge in [-0.15, -0.1) is 0 Å². The van der Waals surface area contributed by atoms with Crippen molar-refractivity contribution in [1.82, 2.24) is 15.1 Å². The lowest BCUT2D eigenvalue weighted by molar-refractivity contribution is -0.181. The minimum Gasteiger partial charge on any atom is -0.497 e. The largest absolute Gasteiger partial charge is 0.497 e. The normalized spacial score (nSPS) is 17.9. The number of piperazine rings is 1. The number of benzene rings is 1. The van der Waals surface area contributed by atoms with Crippen molar-refractivity contribution < 1.29 is 17.9 Å². The molecular formula is C18H27F3N4O. The second-order valence-electron chi connectivity index (χ2n) is 6.26. The highest BCUT2D eigenvalue weighted by molar-refractivity contribution is 5.80. The molecule has 0 aromatic heterocycles. The van der Waals surface area contributed by atoms with Crippen LogP contribution in [0.25, 0.3) is 0 Å². The van der Waals surface area contributed by atoms with E-state index >= 15 is 0 Å². The molecule has 0 amide bonds. The van der Waals surface area contributed by atoms with E-state index in [9.17, 15) is 13.2 Å². The van der Waals surface area contributed by atoms with Crippen molar-refractivity contribution in [3.8, 4) is 5.75 Å². The Kier molecular flexibility index (Phi) is 7.14. The maximum atomic E-state index is 12.9. The first-order valence-corrected chi connectivity index (χ1v) is 8.82. The summed E-state index contributed by atoms with van der Waals surface area (Å²) in [7, 11) is 1.62. The maximum Gasteiger partial charge on any atom is 0.403 e. The van der Waals surface area contributed by atoms with Gasteiger partial charge in [-0.3, -0.25) is 4.90 Å². The molecule has 2 rings (SSSR count). The van der Waals surface area contributed by atoms with Crippen molar-refractivity contribution in [3.05, 3.63) is 29.8 Å². The number of alkyl halides is 3. The number of halogens is 3. The van der Waals surface area contributed by atoms with Crippen LogP contribution in [0.4, 0.5) is 13.2 Å². The van der Waals surface area contributed by atoms with Crippen LogP contribution in [0.2, 0.25) is 0 Å². The summed E-state index contributed by atoms with van der Waals surface area (Å²) in [5, 5.41) is 3.23. The zero-order chi connectivity index (χ0) is 19.2. The topological polar surface area (TPSA) is 40.1 Å². The van der Waals surface area contributed by atoms with Gasteiger partial charge in [0.2, 0.25) is 0 Å². The Morgan fingerprint density at radius 2 is 1.96 bits per heavy atom. The lowest BCUT2D eigenvalue weighted by Gasteiger charge is -2.39. The van der Waals surface area contributed by atoms with Crippen LogP contribution in [0.15, 0.2) is 29.3 Å². The summed E-state index contributed by atoms with van der Waals surface area (Å²) in [5.74, 6) is 1.51. The molecular weight excluding hydrogens is 345 g/mol. The van der Waals surface area contributed by atoms with Crippen molar-refractivity contribution in [2.45, 2.75) is 32.6 Å². The van der Waals surface area contributed by atoms with Gasteiger partial charge in [-0.05, 0) is 31.5 Å². The summed E-state index contributed by atoms with van der Waals surface area (Å²) in [6.45, 7) is 6.15. The minimum atomic E-state index is -4.19. The van der Waals surface area contributed by atoms with Gasteiger partial charge in [-0.25, -0.2) is 4.99 Å². The van der Waals surface area contributed by atoms with Crippen molar-refractivity contribution >= 4 is 5.96 Å². The summed E-state index contributed by atoms with van der Waals surface area (Å²) in [4.78, 5) is 8.13. The van der Waals surface area contributed by atoms with E-state index in [0.29, 0.717) is 39.3 Å². The molecule has 0 spiro atoms. The second-order valence-corrected chi connectivity index (χ2v) is 6.26. The zero-order valence-corrected chi connectivity index (χ0v) is 15.5. The molecule has 1 aromatic carbocycles. The third-order valence-electron chi connectivity index (χ3n) is 4.52. The Bertz CT molecular complexity index is 598. The van der Waals surface area contributed by atoms with E-state index < -0.39 is 12.2 Å². The van der Waals surface area contributed by atoms with Gasteiger partial charge in [0.05, 0.1) is 13.7 Å². The van der Waals surface area contributed by atoms with Crippen molar-refractivity contribution in [1.29, 1.82) is 0 Å². The van der Waals surface area contributed by atoms with E-state index in [4.69, 9.17) is 4.74 Å². The maximum absolute atomic E-state index is 12.9. The number of nitrogens with zero attached hydrogens (tertiary/aromatic N) is 3. The van der Waals surface area contributed by atoms with Gasteiger partial charge in [0.25, 0.3) is 0 Å². The molecule has 5 nitrogen and oxygen atoms in total. The van der Waals surface area contributed by atoms with Gasteiger partial charge < -0.3 is 15.0 Å². The summed E-state index contributed by atoms with van der Waals surface area (Å²) in [6, 6.07) is 6.27. The molecule has 0 radical (unpaired) electrons. The number of hydrogen-bond donors (Lipinski definition) is 1. The van der Waals surface area contributed by atoms with Gasteiger partial charge in [0.15, 0.2) is 5.96 Å². The van der Waals surface area contributed by atoms with Crippen LogP contribution in [0.1, 0.15) is 19.4 Å². The minimum absolute atomic E-state index is 0.365. The van der Waals surface area contributed by atoms with E-state index in [1.807, 2.05) is 36.1 Å². The molecule has 1 saturated heterocycles. The average molecular weight is 372 g/mol. The standard InChI is InChI=1S/C18H27F3N4O/c1-4-22-17(23-13-15-6-5-7-16(12-15)26-3)25-10-8-24(9-11-25)14(2)18(19,20)21/h5-7,12,14H,4,8-11,13H2,1-3H3,(H,22,23). The van der Waals surface area contributed by atoms with Crippen LogP contribution in [0.5, 0.6) is 5.75 Å². The fourth-order valence-corrected chi connectivity index (χ4v) is 2.89. The number of guanidine groups is 1. The van der Waals surface area contributed by atoms with Crippen LogP contribution in [-0.2, 0) is 6.54 Å². The summed E-state index contributed by atoms with van der Waals surface area (Å²) in [5.41, 5.74) is 1.02. The molecule has 0 aliphatic carbocycles. The molecule has 1 heterocycles. The third-order valence-corrected chi connectivity index (χ3v) is 4.52. The molecule has 1 aliphatic rings. The van der Waals surface area contributed by atoms with E-state index in [0.717, 1.165) is 17.3 Å². The van der Waals surface area contributed by atoms with Crippen LogP contribution in [0.3, 0.4) is 0 Å². The smallest absolute Gasteiger partial charge is 0.403 e. The number of ether oxygens (including phenoxy) is 1. The predicted octanol–water partition coefficient (Wildman–Crippen LogP) is 2.73. The SMILES string of the molecule is CCNC(=NCc1cccc(OC)c1)N1CCN(C(C)C(F)(F)F)CC1. The molecule has 1 N–H and O–H groups in total.